The van der Waals surface area contributed by atoms with Crippen molar-refractivity contribution in [3.63, 3.8) is 0 Å². The third-order valence-electron chi connectivity index (χ3n) is 5.50. The van der Waals surface area contributed by atoms with Crippen molar-refractivity contribution < 1.29 is 14.3 Å². The predicted octanol–water partition coefficient (Wildman–Crippen LogP) is 3.56. The molecule has 1 fully saturated rings. The average Bonchev–Trinajstić information content (AvgIpc) is 3.52. The van der Waals surface area contributed by atoms with Crippen LogP contribution in [0.5, 0.6) is 5.75 Å². The summed E-state index contributed by atoms with van der Waals surface area (Å²) < 4.78 is 6.82. The van der Waals surface area contributed by atoms with Gasteiger partial charge >= 0.3 is 0 Å². The van der Waals surface area contributed by atoms with Crippen LogP contribution >= 0.6 is 11.8 Å². The molecule has 0 aliphatic carbocycles. The molecule has 1 atom stereocenters. The molecule has 1 saturated heterocycles. The second-order valence-corrected chi connectivity index (χ2v) is 8.50. The van der Waals surface area contributed by atoms with Crippen LogP contribution in [0.4, 0.5) is 5.69 Å². The summed E-state index contributed by atoms with van der Waals surface area (Å²) in [6.07, 6.45) is 3.20. The van der Waals surface area contributed by atoms with Crippen molar-refractivity contribution in [1.29, 1.82) is 0 Å². The number of hydrogen-bond donors (Lipinski definition) is 1. The molecule has 166 valence electrons. The number of ether oxygens (including phenoxy) is 1. The quantitative estimate of drug-likeness (QED) is 0.491. The summed E-state index contributed by atoms with van der Waals surface area (Å²) in [6, 6.07) is 18.2. The molecular weight excluding hydrogens is 438 g/mol. The van der Waals surface area contributed by atoms with Crippen molar-refractivity contribution >= 4 is 34.9 Å². The Balaban J connectivity index is 1.40. The Morgan fingerprint density at radius 2 is 1.88 bits per heavy atom. The van der Waals surface area contributed by atoms with Gasteiger partial charge in [0.15, 0.2) is 5.65 Å². The van der Waals surface area contributed by atoms with E-state index in [1.807, 2.05) is 36.4 Å². The van der Waals surface area contributed by atoms with Gasteiger partial charge in [-0.2, -0.15) is 5.10 Å². The number of nitrogens with one attached hydrogen (secondary N) is 1. The van der Waals surface area contributed by atoms with E-state index in [0.717, 1.165) is 11.3 Å². The summed E-state index contributed by atoms with van der Waals surface area (Å²) in [6.45, 7) is 0. The van der Waals surface area contributed by atoms with Gasteiger partial charge in [0, 0.05) is 23.2 Å². The Bertz CT molecular complexity index is 1310. The summed E-state index contributed by atoms with van der Waals surface area (Å²) in [4.78, 5) is 32.4. The zero-order valence-corrected chi connectivity index (χ0v) is 18.7. The molecule has 0 radical (unpaired) electrons. The number of carbonyl (C=O) groups excluding carboxylic acids is 2. The van der Waals surface area contributed by atoms with Crippen molar-refractivity contribution in [3.8, 4) is 17.0 Å². The number of aromatic nitrogens is 3. The van der Waals surface area contributed by atoms with Gasteiger partial charge in [0.1, 0.15) is 17.4 Å². The van der Waals surface area contributed by atoms with E-state index in [-0.39, 0.29) is 11.8 Å². The molecule has 2 aromatic carbocycles. The molecule has 2 aromatic heterocycles. The summed E-state index contributed by atoms with van der Waals surface area (Å²) in [7, 11) is 1.59. The fourth-order valence-corrected chi connectivity index (χ4v) is 4.94. The number of thioether (sulfide) groups is 1. The van der Waals surface area contributed by atoms with Crippen LogP contribution in [0.1, 0.15) is 10.4 Å². The Labute approximate surface area is 194 Å². The van der Waals surface area contributed by atoms with E-state index in [0.29, 0.717) is 34.3 Å². The molecular formula is C24H21N5O3S. The van der Waals surface area contributed by atoms with Crippen LogP contribution in [0.3, 0.4) is 0 Å². The molecule has 2 amide bonds. The van der Waals surface area contributed by atoms with Gasteiger partial charge in [-0.15, -0.1) is 11.8 Å². The lowest BCUT2D eigenvalue weighted by molar-refractivity contribution is -0.119. The standard InChI is InChI=1S/C24H21N5O3S/c1-32-18-9-7-17(8-10-18)27-23(30)21-14-33-15-28(21)24(31)19-13-26-29-20(11-12-25-22(19)29)16-5-3-2-4-6-16/h2-13,21H,14-15H2,1H3,(H,27,30). The highest BCUT2D eigenvalue weighted by atomic mass is 32.2. The summed E-state index contributed by atoms with van der Waals surface area (Å²) in [5.74, 6) is 1.16. The van der Waals surface area contributed by atoms with Gasteiger partial charge in [-0.05, 0) is 30.3 Å². The SMILES string of the molecule is COc1ccc(NC(=O)C2CSCN2C(=O)c2cnn3c(-c4ccccc4)ccnc23)cc1. The van der Waals surface area contributed by atoms with E-state index >= 15 is 0 Å². The molecule has 8 nitrogen and oxygen atoms in total. The van der Waals surface area contributed by atoms with Crippen LogP contribution in [-0.2, 0) is 4.79 Å². The Morgan fingerprint density at radius 3 is 2.64 bits per heavy atom. The third kappa shape index (κ3) is 4.03. The zero-order valence-electron chi connectivity index (χ0n) is 17.8. The lowest BCUT2D eigenvalue weighted by Gasteiger charge is -2.22. The van der Waals surface area contributed by atoms with Crippen molar-refractivity contribution in [2.75, 3.05) is 24.1 Å². The number of carbonyl (C=O) groups is 2. The maximum Gasteiger partial charge on any atom is 0.260 e. The fourth-order valence-electron chi connectivity index (χ4n) is 3.78. The van der Waals surface area contributed by atoms with Crippen molar-refractivity contribution in [3.05, 3.63) is 78.6 Å². The number of amides is 2. The molecule has 1 aliphatic heterocycles. The van der Waals surface area contributed by atoms with Gasteiger partial charge < -0.3 is 15.0 Å². The first-order valence-electron chi connectivity index (χ1n) is 10.4. The molecule has 1 N–H and O–H groups in total. The summed E-state index contributed by atoms with van der Waals surface area (Å²) in [5.41, 5.74) is 3.30. The predicted molar refractivity (Wildman–Crippen MR) is 127 cm³/mol. The van der Waals surface area contributed by atoms with Crippen molar-refractivity contribution in [1.82, 2.24) is 19.5 Å². The Hall–Kier alpha value is -3.85. The lowest BCUT2D eigenvalue weighted by Crippen LogP contribution is -2.44. The Kier molecular flexibility index (Phi) is 5.70. The monoisotopic (exact) mass is 459 g/mol. The van der Waals surface area contributed by atoms with Crippen LogP contribution in [0.25, 0.3) is 16.9 Å². The van der Waals surface area contributed by atoms with Crippen molar-refractivity contribution in [2.24, 2.45) is 0 Å². The number of anilines is 1. The number of nitrogens with zero attached hydrogens (tertiary/aromatic N) is 4. The van der Waals surface area contributed by atoms with Gasteiger partial charge in [-0.25, -0.2) is 9.50 Å². The van der Waals surface area contributed by atoms with E-state index in [4.69, 9.17) is 4.74 Å². The first kappa shape index (κ1) is 21.0. The van der Waals surface area contributed by atoms with Gasteiger partial charge in [0.2, 0.25) is 5.91 Å². The maximum absolute atomic E-state index is 13.4. The molecule has 9 heteroatoms. The first-order chi connectivity index (χ1) is 16.2. The normalized spacial score (nSPS) is 15.5. The molecule has 3 heterocycles. The van der Waals surface area contributed by atoms with Gasteiger partial charge in [-0.1, -0.05) is 30.3 Å². The van der Waals surface area contributed by atoms with E-state index in [1.54, 1.807) is 58.7 Å². The minimum absolute atomic E-state index is 0.229. The minimum Gasteiger partial charge on any atom is -0.497 e. The molecule has 1 unspecified atom stereocenters. The van der Waals surface area contributed by atoms with Crippen molar-refractivity contribution in [2.45, 2.75) is 6.04 Å². The molecule has 0 saturated carbocycles. The van der Waals surface area contributed by atoms with E-state index < -0.39 is 6.04 Å². The highest BCUT2D eigenvalue weighted by molar-refractivity contribution is 7.99. The second-order valence-electron chi connectivity index (χ2n) is 7.50. The number of methoxy groups -OCH3 is 1. The van der Waals surface area contributed by atoms with Gasteiger partial charge in [-0.3, -0.25) is 9.59 Å². The van der Waals surface area contributed by atoms with Crippen LogP contribution in [-0.4, -0.2) is 56.1 Å². The Morgan fingerprint density at radius 1 is 1.09 bits per heavy atom. The number of rotatable bonds is 5. The smallest absolute Gasteiger partial charge is 0.260 e. The van der Waals surface area contributed by atoms with Crippen LogP contribution in [0, 0.1) is 0 Å². The van der Waals surface area contributed by atoms with Crippen LogP contribution in [0.15, 0.2) is 73.1 Å². The molecule has 0 bridgehead atoms. The number of hydrogen-bond acceptors (Lipinski definition) is 6. The summed E-state index contributed by atoms with van der Waals surface area (Å²) in [5, 5.41) is 7.32. The van der Waals surface area contributed by atoms with E-state index in [1.165, 1.54) is 6.20 Å². The molecule has 1 aliphatic rings. The van der Waals surface area contributed by atoms with Crippen LogP contribution < -0.4 is 10.1 Å². The van der Waals surface area contributed by atoms with Gasteiger partial charge in [0.25, 0.3) is 5.91 Å². The molecule has 33 heavy (non-hydrogen) atoms. The highest BCUT2D eigenvalue weighted by Crippen LogP contribution is 2.27. The number of benzene rings is 2. The summed E-state index contributed by atoms with van der Waals surface area (Å²) >= 11 is 1.54. The van der Waals surface area contributed by atoms with E-state index in [2.05, 4.69) is 15.4 Å². The van der Waals surface area contributed by atoms with Crippen LogP contribution in [0.2, 0.25) is 0 Å². The zero-order chi connectivity index (χ0) is 22.8. The maximum atomic E-state index is 13.4. The lowest BCUT2D eigenvalue weighted by atomic mass is 10.1. The first-order valence-corrected chi connectivity index (χ1v) is 11.5. The molecule has 0 spiro atoms. The molecule has 5 rings (SSSR count). The fraction of sp³-hybridized carbons (Fsp3) is 0.167. The minimum atomic E-state index is -0.586. The number of fused-ring (bicyclic) bond motifs is 1. The average molecular weight is 460 g/mol. The third-order valence-corrected chi connectivity index (χ3v) is 6.52. The second kappa shape index (κ2) is 8.95. The molecule has 4 aromatic rings. The highest BCUT2D eigenvalue weighted by Gasteiger charge is 2.36. The largest absolute Gasteiger partial charge is 0.497 e. The van der Waals surface area contributed by atoms with E-state index in [9.17, 15) is 9.59 Å². The van der Waals surface area contributed by atoms with Gasteiger partial charge in [0.05, 0.1) is 24.9 Å². The topological polar surface area (TPSA) is 88.8 Å².